The second-order valence-electron chi connectivity index (χ2n) is 2.94. The summed E-state index contributed by atoms with van der Waals surface area (Å²) in [7, 11) is -4.44. The van der Waals surface area contributed by atoms with Gasteiger partial charge in [0.15, 0.2) is 6.21 Å². The topological polar surface area (TPSA) is 81.8 Å². The van der Waals surface area contributed by atoms with Gasteiger partial charge in [0.05, 0.1) is 13.2 Å². The van der Waals surface area contributed by atoms with Gasteiger partial charge in [-0.25, -0.2) is 13.0 Å². The molecule has 0 amide bonds. The van der Waals surface area contributed by atoms with E-state index in [1.165, 1.54) is 0 Å². The van der Waals surface area contributed by atoms with Crippen LogP contribution in [0.2, 0.25) is 0 Å². The van der Waals surface area contributed by atoms with E-state index < -0.39 is 10.4 Å². The Bertz CT molecular complexity index is 445. The first-order valence-corrected chi connectivity index (χ1v) is 6.42. The van der Waals surface area contributed by atoms with Gasteiger partial charge < -0.3 is 4.55 Å². The van der Waals surface area contributed by atoms with E-state index in [-0.39, 0.29) is 6.61 Å². The first-order chi connectivity index (χ1) is 7.94. The zero-order valence-electron chi connectivity index (χ0n) is 9.92. The molecule has 0 aromatic rings. The summed E-state index contributed by atoms with van der Waals surface area (Å²) >= 11 is 0. The van der Waals surface area contributed by atoms with Crippen molar-refractivity contribution in [3.05, 3.63) is 18.1 Å². The van der Waals surface area contributed by atoms with Crippen LogP contribution in [0.15, 0.2) is 23.1 Å². The molecule has 0 saturated carbocycles. The third kappa shape index (κ3) is 7.59. The molecule has 0 aromatic heterocycles. The maximum atomic E-state index is 9.61. The van der Waals surface area contributed by atoms with Crippen molar-refractivity contribution in [1.29, 1.82) is 0 Å². The summed E-state index contributed by atoms with van der Waals surface area (Å²) in [6.45, 7) is 8.18. The standard InChI is InChI=1S/C7H9N2.C3H8O4S/c1-3-7-8-5-6-9(7)4-2;1-2-3-7-8(4,5)6/h5-6H,1,4H2,2H3;2-3H2,1H3,(H,4,5,6)/q+1;/p-1. The third-order valence-electron chi connectivity index (χ3n) is 1.65. The maximum Gasteiger partial charge on any atom is 0.367 e. The molecule has 0 atom stereocenters. The van der Waals surface area contributed by atoms with Gasteiger partial charge in [-0.2, -0.15) is 0 Å². The van der Waals surface area contributed by atoms with Crippen molar-refractivity contribution < 1.29 is 21.7 Å². The van der Waals surface area contributed by atoms with Crippen LogP contribution in [0.1, 0.15) is 20.3 Å². The monoisotopic (exact) mass is 260 g/mol. The van der Waals surface area contributed by atoms with Crippen molar-refractivity contribution in [3.63, 3.8) is 0 Å². The van der Waals surface area contributed by atoms with E-state index in [9.17, 15) is 13.0 Å². The lowest BCUT2D eigenvalue weighted by Gasteiger charge is -2.04. The van der Waals surface area contributed by atoms with E-state index in [1.54, 1.807) is 13.1 Å². The predicted octanol–water partition coefficient (Wildman–Crippen LogP) is 0.673. The molecule has 0 spiro atoms. The van der Waals surface area contributed by atoms with Gasteiger partial charge in [0.25, 0.3) is 0 Å². The summed E-state index contributed by atoms with van der Waals surface area (Å²) in [5.74, 6) is 0.817. The molecule has 0 fully saturated rings. The molecule has 1 rings (SSSR count). The molecule has 1 aliphatic rings. The molecule has 0 saturated heterocycles. The molecule has 0 radical (unpaired) electrons. The third-order valence-corrected chi connectivity index (χ3v) is 2.10. The Morgan fingerprint density at radius 1 is 1.59 bits per heavy atom. The molecule has 0 aliphatic carbocycles. The molecule has 17 heavy (non-hydrogen) atoms. The molecule has 0 aromatic carbocycles. The minimum Gasteiger partial charge on any atom is -0.726 e. The van der Waals surface area contributed by atoms with Gasteiger partial charge in [-0.05, 0) is 30.6 Å². The summed E-state index contributed by atoms with van der Waals surface area (Å²) < 4.78 is 34.6. The van der Waals surface area contributed by atoms with Crippen LogP contribution < -0.4 is 0 Å². The Balaban J connectivity index is 0.000000304. The highest BCUT2D eigenvalue weighted by atomic mass is 32.3. The highest BCUT2D eigenvalue weighted by Crippen LogP contribution is 1.98. The van der Waals surface area contributed by atoms with E-state index in [0.29, 0.717) is 6.42 Å². The number of rotatable bonds is 4. The van der Waals surface area contributed by atoms with Crippen molar-refractivity contribution >= 4 is 22.8 Å². The van der Waals surface area contributed by atoms with Gasteiger partial charge in [-0.3, -0.25) is 4.18 Å². The van der Waals surface area contributed by atoms with Crippen LogP contribution in [0.3, 0.4) is 0 Å². The summed E-state index contributed by atoms with van der Waals surface area (Å²) in [6.07, 6.45) is 4.19. The Hall–Kier alpha value is -1.27. The number of hydrogen-bond donors (Lipinski definition) is 0. The van der Waals surface area contributed by atoms with E-state index in [4.69, 9.17) is 0 Å². The number of hydrogen-bond acceptors (Lipinski definition) is 5. The van der Waals surface area contributed by atoms with Gasteiger partial charge in [0, 0.05) is 0 Å². The SMILES string of the molecule is C=C=C1N=CC=[N+]1CC.CCCOS(=O)(=O)[O-]. The minimum atomic E-state index is -4.44. The number of aliphatic imine (C=N–C) groups is 1. The van der Waals surface area contributed by atoms with Crippen LogP contribution in [0.5, 0.6) is 0 Å². The van der Waals surface area contributed by atoms with E-state index in [0.717, 1.165) is 12.4 Å². The van der Waals surface area contributed by atoms with Crippen LogP contribution in [-0.2, 0) is 14.6 Å². The highest BCUT2D eigenvalue weighted by molar-refractivity contribution is 7.80. The van der Waals surface area contributed by atoms with Gasteiger partial charge in [-0.1, -0.05) is 6.92 Å². The van der Waals surface area contributed by atoms with Crippen LogP contribution in [-0.4, -0.2) is 43.1 Å². The molecule has 6 nitrogen and oxygen atoms in total. The first kappa shape index (κ1) is 15.7. The van der Waals surface area contributed by atoms with Crippen molar-refractivity contribution in [2.45, 2.75) is 20.3 Å². The van der Waals surface area contributed by atoms with Gasteiger partial charge in [-0.15, -0.1) is 0 Å². The quantitative estimate of drug-likeness (QED) is 0.322. The van der Waals surface area contributed by atoms with Crippen molar-refractivity contribution in [2.75, 3.05) is 13.2 Å². The minimum absolute atomic E-state index is 0.0220. The van der Waals surface area contributed by atoms with Crippen LogP contribution in [0.4, 0.5) is 0 Å². The average Bonchev–Trinajstić information content (AvgIpc) is 2.73. The smallest absolute Gasteiger partial charge is 0.367 e. The summed E-state index contributed by atoms with van der Waals surface area (Å²) in [4.78, 5) is 3.99. The fourth-order valence-electron chi connectivity index (χ4n) is 0.917. The molecule has 0 N–H and O–H groups in total. The Labute approximate surface area is 102 Å². The van der Waals surface area contributed by atoms with Gasteiger partial charge in [0.1, 0.15) is 6.21 Å². The lowest BCUT2D eigenvalue weighted by molar-refractivity contribution is -0.464. The fourth-order valence-corrected chi connectivity index (χ4v) is 1.29. The molecule has 96 valence electrons. The van der Waals surface area contributed by atoms with Crippen molar-refractivity contribution in [1.82, 2.24) is 0 Å². The van der Waals surface area contributed by atoms with E-state index in [1.807, 2.05) is 10.8 Å². The molecular weight excluding hydrogens is 244 g/mol. The zero-order valence-corrected chi connectivity index (χ0v) is 10.7. The summed E-state index contributed by atoms with van der Waals surface area (Å²) in [6, 6.07) is 0. The first-order valence-electron chi connectivity index (χ1n) is 5.09. The second kappa shape index (κ2) is 7.92. The van der Waals surface area contributed by atoms with Gasteiger partial charge in [0.2, 0.25) is 10.4 Å². The lowest BCUT2D eigenvalue weighted by Crippen LogP contribution is -2.05. The molecule has 0 unspecified atom stereocenters. The Morgan fingerprint density at radius 3 is 2.53 bits per heavy atom. The highest BCUT2D eigenvalue weighted by Gasteiger charge is 2.11. The zero-order chi connectivity index (χ0) is 13.3. The molecular formula is C10H16N2O4S. The molecule has 7 heteroatoms. The predicted molar refractivity (Wildman–Crippen MR) is 64.0 cm³/mol. The maximum absolute atomic E-state index is 9.61. The Morgan fingerprint density at radius 2 is 2.24 bits per heavy atom. The van der Waals surface area contributed by atoms with Crippen molar-refractivity contribution in [3.8, 4) is 0 Å². The van der Waals surface area contributed by atoms with Crippen LogP contribution in [0, 0.1) is 0 Å². The summed E-state index contributed by atoms with van der Waals surface area (Å²) in [5, 5.41) is 0. The number of nitrogens with zero attached hydrogens (tertiary/aromatic N) is 2. The van der Waals surface area contributed by atoms with E-state index >= 15 is 0 Å². The van der Waals surface area contributed by atoms with E-state index in [2.05, 4.69) is 28.4 Å². The normalized spacial score (nSPS) is 13.8. The largest absolute Gasteiger partial charge is 0.726 e. The fraction of sp³-hybridized carbons (Fsp3) is 0.500. The molecule has 1 heterocycles. The second-order valence-corrected chi connectivity index (χ2v) is 4.00. The average molecular weight is 260 g/mol. The van der Waals surface area contributed by atoms with Crippen LogP contribution in [0.25, 0.3) is 0 Å². The van der Waals surface area contributed by atoms with Gasteiger partial charge >= 0.3 is 5.82 Å². The van der Waals surface area contributed by atoms with Crippen LogP contribution >= 0.6 is 0 Å². The Kier molecular flexibility index (Phi) is 7.32. The molecule has 1 aliphatic heterocycles. The lowest BCUT2D eigenvalue weighted by atomic mass is 10.5. The van der Waals surface area contributed by atoms with Crippen molar-refractivity contribution in [2.24, 2.45) is 4.99 Å². The molecule has 0 bridgehead atoms. The summed E-state index contributed by atoms with van der Waals surface area (Å²) in [5.41, 5.74) is 2.73.